The predicted octanol–water partition coefficient (Wildman–Crippen LogP) is 3.85. The van der Waals surface area contributed by atoms with Crippen molar-refractivity contribution in [1.29, 1.82) is 0 Å². The molecule has 0 spiro atoms. The van der Waals surface area contributed by atoms with E-state index in [1.807, 2.05) is 36.4 Å². The first-order valence-electron chi connectivity index (χ1n) is 10.0. The van der Waals surface area contributed by atoms with E-state index in [9.17, 15) is 9.90 Å². The maximum Gasteiger partial charge on any atom is 0.337 e. The second kappa shape index (κ2) is 9.25. The van der Waals surface area contributed by atoms with E-state index in [0.717, 1.165) is 30.8 Å². The summed E-state index contributed by atoms with van der Waals surface area (Å²) < 4.78 is 4.82. The summed E-state index contributed by atoms with van der Waals surface area (Å²) in [6.45, 7) is 11.1. The number of benzene rings is 2. The Kier molecular flexibility index (Phi) is 6.72. The summed E-state index contributed by atoms with van der Waals surface area (Å²) in [5, 5.41) is 10.1. The van der Waals surface area contributed by atoms with Gasteiger partial charge in [0.05, 0.1) is 18.7 Å². The third kappa shape index (κ3) is 4.69. The van der Waals surface area contributed by atoms with Gasteiger partial charge in [-0.25, -0.2) is 4.79 Å². The molecule has 1 N–H and O–H groups in total. The highest BCUT2D eigenvalue weighted by molar-refractivity contribution is 5.89. The van der Waals surface area contributed by atoms with Gasteiger partial charge in [0, 0.05) is 31.7 Å². The minimum absolute atomic E-state index is 0.0165. The Labute approximate surface area is 173 Å². The Balaban J connectivity index is 1.98. The molecule has 3 rings (SSSR count). The molecule has 1 unspecified atom stereocenters. The Morgan fingerprint density at radius 2 is 1.90 bits per heavy atom. The van der Waals surface area contributed by atoms with Gasteiger partial charge in [0.15, 0.2) is 0 Å². The lowest BCUT2D eigenvalue weighted by molar-refractivity contribution is 0.0306. The van der Waals surface area contributed by atoms with Crippen molar-refractivity contribution in [3.8, 4) is 5.75 Å². The van der Waals surface area contributed by atoms with Gasteiger partial charge in [0.2, 0.25) is 0 Å². The standard InChI is InChI=1S/C24H30N2O3/c1-5-13-25-15-18(3)26(16-17(25)2)23(21-7-6-8-22(27)14-21)19-9-11-20(12-10-19)24(28)29-4/h5-12,14,17-18,23,27H,1,13,15-16H2,2-4H3/t17-,18+,23?/m0/s1. The monoisotopic (exact) mass is 394 g/mol. The third-order valence-electron chi connectivity index (χ3n) is 5.69. The number of hydrogen-bond acceptors (Lipinski definition) is 5. The second-order valence-electron chi connectivity index (χ2n) is 7.75. The summed E-state index contributed by atoms with van der Waals surface area (Å²) >= 11 is 0. The van der Waals surface area contributed by atoms with Gasteiger partial charge in [-0.05, 0) is 49.2 Å². The normalized spacial score (nSPS) is 21.5. The maximum atomic E-state index is 11.8. The van der Waals surface area contributed by atoms with Crippen LogP contribution in [0.25, 0.3) is 0 Å². The van der Waals surface area contributed by atoms with Crippen LogP contribution in [0.1, 0.15) is 41.4 Å². The number of ether oxygens (including phenoxy) is 1. The highest BCUT2D eigenvalue weighted by atomic mass is 16.5. The van der Waals surface area contributed by atoms with E-state index in [1.165, 1.54) is 7.11 Å². The molecule has 154 valence electrons. The van der Waals surface area contributed by atoms with E-state index in [-0.39, 0.29) is 17.8 Å². The number of aromatic hydroxyl groups is 1. The average Bonchev–Trinajstić information content (AvgIpc) is 2.72. The molecular weight excluding hydrogens is 364 g/mol. The number of hydrogen-bond donors (Lipinski definition) is 1. The molecule has 3 atom stereocenters. The molecule has 2 aromatic carbocycles. The molecule has 0 aliphatic carbocycles. The maximum absolute atomic E-state index is 11.8. The van der Waals surface area contributed by atoms with Gasteiger partial charge < -0.3 is 9.84 Å². The van der Waals surface area contributed by atoms with Gasteiger partial charge in [0.25, 0.3) is 0 Å². The summed E-state index contributed by atoms with van der Waals surface area (Å²) in [7, 11) is 1.39. The zero-order valence-electron chi connectivity index (χ0n) is 17.4. The van der Waals surface area contributed by atoms with E-state index < -0.39 is 0 Å². The molecule has 1 fully saturated rings. The molecule has 0 aromatic heterocycles. The minimum atomic E-state index is -0.342. The van der Waals surface area contributed by atoms with Gasteiger partial charge in [-0.15, -0.1) is 6.58 Å². The molecule has 0 bridgehead atoms. The zero-order chi connectivity index (χ0) is 21.0. The van der Waals surface area contributed by atoms with Crippen molar-refractivity contribution >= 4 is 5.97 Å². The molecule has 5 nitrogen and oxygen atoms in total. The van der Waals surface area contributed by atoms with Crippen LogP contribution in [-0.4, -0.2) is 59.7 Å². The number of nitrogens with zero attached hydrogens (tertiary/aromatic N) is 2. The van der Waals surface area contributed by atoms with Crippen molar-refractivity contribution in [3.63, 3.8) is 0 Å². The Hall–Kier alpha value is -2.63. The minimum Gasteiger partial charge on any atom is -0.508 e. The van der Waals surface area contributed by atoms with Crippen LogP contribution in [0, 0.1) is 0 Å². The Morgan fingerprint density at radius 1 is 1.17 bits per heavy atom. The SMILES string of the molecule is C=CCN1C[C@@H](C)N(C(c2ccc(C(=O)OC)cc2)c2cccc(O)c2)C[C@@H]1C. The smallest absolute Gasteiger partial charge is 0.337 e. The van der Waals surface area contributed by atoms with Crippen LogP contribution in [0.4, 0.5) is 0 Å². The molecule has 0 saturated carbocycles. The molecule has 0 amide bonds. The number of carbonyl (C=O) groups excluding carboxylic acids is 1. The van der Waals surface area contributed by atoms with Crippen molar-refractivity contribution in [3.05, 3.63) is 77.9 Å². The number of piperazine rings is 1. The molecule has 2 aromatic rings. The molecule has 1 aliphatic rings. The van der Waals surface area contributed by atoms with Crippen LogP contribution in [-0.2, 0) is 4.74 Å². The summed E-state index contributed by atoms with van der Waals surface area (Å²) in [6, 6.07) is 15.7. The van der Waals surface area contributed by atoms with Gasteiger partial charge in [-0.3, -0.25) is 9.80 Å². The number of esters is 1. The Bertz CT molecular complexity index is 849. The second-order valence-corrected chi connectivity index (χ2v) is 7.75. The Morgan fingerprint density at radius 3 is 2.52 bits per heavy atom. The predicted molar refractivity (Wildman–Crippen MR) is 115 cm³/mol. The molecule has 5 heteroatoms. The van der Waals surface area contributed by atoms with Gasteiger partial charge in [-0.2, -0.15) is 0 Å². The summed E-state index contributed by atoms with van der Waals surface area (Å²) in [6.07, 6.45) is 1.96. The van der Waals surface area contributed by atoms with Crippen molar-refractivity contribution in [2.45, 2.75) is 32.0 Å². The van der Waals surface area contributed by atoms with Crippen LogP contribution in [0.15, 0.2) is 61.2 Å². The van der Waals surface area contributed by atoms with Crippen molar-refractivity contribution in [2.24, 2.45) is 0 Å². The van der Waals surface area contributed by atoms with Gasteiger partial charge in [0.1, 0.15) is 5.75 Å². The van der Waals surface area contributed by atoms with Crippen molar-refractivity contribution in [2.75, 3.05) is 26.7 Å². The highest BCUT2D eigenvalue weighted by Gasteiger charge is 2.34. The van der Waals surface area contributed by atoms with Crippen molar-refractivity contribution in [1.82, 2.24) is 9.80 Å². The van der Waals surface area contributed by atoms with Crippen LogP contribution in [0.5, 0.6) is 5.75 Å². The lowest BCUT2D eigenvalue weighted by atomic mass is 9.93. The van der Waals surface area contributed by atoms with E-state index in [4.69, 9.17) is 4.74 Å². The average molecular weight is 395 g/mol. The van der Waals surface area contributed by atoms with E-state index in [2.05, 4.69) is 30.2 Å². The molecule has 0 radical (unpaired) electrons. The summed E-state index contributed by atoms with van der Waals surface area (Å²) in [5.74, 6) is -0.0878. The first-order valence-corrected chi connectivity index (χ1v) is 10.0. The van der Waals surface area contributed by atoms with Crippen LogP contribution < -0.4 is 0 Å². The number of rotatable bonds is 6. The summed E-state index contributed by atoms with van der Waals surface area (Å²) in [5.41, 5.74) is 2.65. The van der Waals surface area contributed by atoms with Gasteiger partial charge >= 0.3 is 5.97 Å². The largest absolute Gasteiger partial charge is 0.508 e. The fraction of sp³-hybridized carbons (Fsp3) is 0.375. The van der Waals surface area contributed by atoms with Crippen molar-refractivity contribution < 1.29 is 14.6 Å². The first kappa shape index (κ1) is 21.1. The lowest BCUT2D eigenvalue weighted by Gasteiger charge is -2.47. The number of carbonyl (C=O) groups is 1. The molecule has 1 saturated heterocycles. The van der Waals surface area contributed by atoms with Crippen LogP contribution in [0.3, 0.4) is 0 Å². The van der Waals surface area contributed by atoms with Crippen LogP contribution in [0.2, 0.25) is 0 Å². The highest BCUT2D eigenvalue weighted by Crippen LogP contribution is 2.34. The third-order valence-corrected chi connectivity index (χ3v) is 5.69. The molecular formula is C24H30N2O3. The fourth-order valence-electron chi connectivity index (χ4n) is 4.19. The number of methoxy groups -OCH3 is 1. The number of phenols is 1. The topological polar surface area (TPSA) is 53.0 Å². The van der Waals surface area contributed by atoms with E-state index in [1.54, 1.807) is 18.2 Å². The fourth-order valence-corrected chi connectivity index (χ4v) is 4.19. The quantitative estimate of drug-likeness (QED) is 0.596. The van der Waals surface area contributed by atoms with Gasteiger partial charge in [-0.1, -0.05) is 30.3 Å². The van der Waals surface area contributed by atoms with Crippen LogP contribution >= 0.6 is 0 Å². The molecule has 1 aliphatic heterocycles. The number of phenolic OH excluding ortho intramolecular Hbond substituents is 1. The lowest BCUT2D eigenvalue weighted by Crippen LogP contribution is -2.57. The first-order chi connectivity index (χ1) is 13.9. The van der Waals surface area contributed by atoms with E-state index in [0.29, 0.717) is 17.6 Å². The zero-order valence-corrected chi connectivity index (χ0v) is 17.4. The molecule has 1 heterocycles. The van der Waals surface area contributed by atoms with E-state index >= 15 is 0 Å². The summed E-state index contributed by atoms with van der Waals surface area (Å²) in [4.78, 5) is 16.7. The molecule has 29 heavy (non-hydrogen) atoms.